The van der Waals surface area contributed by atoms with E-state index >= 15 is 0 Å². The van der Waals surface area contributed by atoms with Gasteiger partial charge in [-0.2, -0.15) is 18.2 Å². The van der Waals surface area contributed by atoms with Gasteiger partial charge in [0.25, 0.3) is 6.33 Å². The number of rotatable bonds is 6. The molecule has 1 aliphatic heterocycles. The summed E-state index contributed by atoms with van der Waals surface area (Å²) in [5.74, 6) is 1.74. The zero-order valence-electron chi connectivity index (χ0n) is 46.8. The Morgan fingerprint density at radius 3 is 1.89 bits per heavy atom. The van der Waals surface area contributed by atoms with Crippen LogP contribution in [-0.4, -0.2) is 14.1 Å². The molecule has 3 aromatic heterocycles. The minimum absolute atomic E-state index is 0. The maximum Gasteiger partial charge on any atom is 0.268 e. The molecule has 1 aliphatic rings. The molecule has 13 rings (SSSR count). The first kappa shape index (κ1) is 41.4. The molecule has 0 N–H and O–H groups in total. The van der Waals surface area contributed by atoms with Gasteiger partial charge in [0, 0.05) is 44.3 Å². The first-order valence-corrected chi connectivity index (χ1v) is 24.7. The Labute approximate surface area is 454 Å². The van der Waals surface area contributed by atoms with Crippen molar-refractivity contribution in [1.29, 1.82) is 0 Å². The summed E-state index contributed by atoms with van der Waals surface area (Å²) < 4.78 is 58.2. The second-order valence-corrected chi connectivity index (χ2v) is 20.9. The molecule has 0 radical (unpaired) electrons. The molecule has 0 fully saturated rings. The molecule has 0 atom stereocenters. The zero-order chi connectivity index (χ0) is 53.9. The fourth-order valence-electron chi connectivity index (χ4n) is 10.5. The third-order valence-corrected chi connectivity index (χ3v) is 14.2. The van der Waals surface area contributed by atoms with E-state index in [0.29, 0.717) is 28.4 Å². The van der Waals surface area contributed by atoms with Gasteiger partial charge in [-0.05, 0) is 107 Å². The van der Waals surface area contributed by atoms with Crippen molar-refractivity contribution in [3.63, 3.8) is 0 Å². The van der Waals surface area contributed by atoms with Crippen LogP contribution in [0.15, 0.2) is 206 Å². The van der Waals surface area contributed by atoms with Crippen molar-refractivity contribution < 1.29 is 37.2 Å². The van der Waals surface area contributed by atoms with Crippen molar-refractivity contribution in [1.82, 2.24) is 14.1 Å². The van der Waals surface area contributed by atoms with Crippen LogP contribution in [0.25, 0.3) is 106 Å². The monoisotopic (exact) mass is 1140 g/mol. The quantitative estimate of drug-likeness (QED) is 0.123. The van der Waals surface area contributed by atoms with Crippen molar-refractivity contribution in [3.8, 4) is 84.3 Å². The van der Waals surface area contributed by atoms with Crippen LogP contribution in [0, 0.1) is 18.5 Å². The molecule has 4 heterocycles. The molecule has 0 bridgehead atoms. The molecular formula is C68H52N4OPt-2. The number of aromatic nitrogens is 4. The maximum absolute atomic E-state index is 9.43. The van der Waals surface area contributed by atoms with Crippen molar-refractivity contribution in [3.05, 3.63) is 236 Å². The molecule has 0 saturated carbocycles. The number of hydrogen-bond acceptors (Lipinski definition) is 2. The van der Waals surface area contributed by atoms with Gasteiger partial charge in [-0.25, -0.2) is 4.98 Å². The Bertz CT molecular complexity index is 4430. The number of hydrogen-bond donors (Lipinski definition) is 0. The summed E-state index contributed by atoms with van der Waals surface area (Å²) >= 11 is 0. The Hall–Kier alpha value is -8.11. The van der Waals surface area contributed by atoms with Gasteiger partial charge in [0.1, 0.15) is 5.82 Å². The number of para-hydroxylation sites is 1. The van der Waals surface area contributed by atoms with Crippen LogP contribution in [0.4, 0.5) is 0 Å². The van der Waals surface area contributed by atoms with E-state index < -0.39 is 23.5 Å². The van der Waals surface area contributed by atoms with Crippen LogP contribution in [0.3, 0.4) is 0 Å². The summed E-state index contributed by atoms with van der Waals surface area (Å²) in [4.78, 5) is 4.94. The summed E-state index contributed by atoms with van der Waals surface area (Å²) in [7, 11) is 0. The fourth-order valence-corrected chi connectivity index (χ4v) is 10.5. The third-order valence-electron chi connectivity index (χ3n) is 14.2. The first-order valence-electron chi connectivity index (χ1n) is 27.2. The minimum Gasteiger partial charge on any atom is -0.510 e. The minimum atomic E-state index is -0.447. The van der Waals surface area contributed by atoms with E-state index in [-0.39, 0.29) is 44.1 Å². The van der Waals surface area contributed by atoms with Crippen LogP contribution in [0.5, 0.6) is 11.5 Å². The summed E-state index contributed by atoms with van der Waals surface area (Å²) in [6, 6.07) is 63.6. The Morgan fingerprint density at radius 2 is 1.16 bits per heavy atom. The molecule has 6 heteroatoms. The predicted molar refractivity (Wildman–Crippen MR) is 298 cm³/mol. The summed E-state index contributed by atoms with van der Waals surface area (Å²) in [6.45, 7) is 13.0. The number of imidazole rings is 1. The van der Waals surface area contributed by atoms with Gasteiger partial charge in [0.2, 0.25) is 0 Å². The van der Waals surface area contributed by atoms with Crippen LogP contribution < -0.4 is 9.30 Å². The molecule has 0 saturated heterocycles. The van der Waals surface area contributed by atoms with Crippen molar-refractivity contribution in [2.75, 3.05) is 0 Å². The second kappa shape index (κ2) is 18.1. The molecule has 0 unspecified atom stereocenters. The average Bonchev–Trinajstić information content (AvgIpc) is 4.03. The van der Waals surface area contributed by atoms with Crippen LogP contribution in [-0.2, 0) is 31.9 Å². The normalized spacial score (nSPS) is 13.0. The number of nitrogens with zero attached hydrogens (tertiary/aromatic N) is 4. The number of ether oxygens (including phenoxy) is 1. The maximum atomic E-state index is 9.43. The van der Waals surface area contributed by atoms with Gasteiger partial charge in [0.05, 0.1) is 23.6 Å². The number of fused-ring (bicyclic) bond motifs is 10. The average molecular weight is 1140 g/mol. The van der Waals surface area contributed by atoms with Gasteiger partial charge < -0.3 is 13.9 Å². The van der Waals surface area contributed by atoms with E-state index in [1.165, 1.54) is 5.56 Å². The molecule has 74 heavy (non-hydrogen) atoms. The van der Waals surface area contributed by atoms with Gasteiger partial charge >= 0.3 is 0 Å². The number of pyridine rings is 1. The molecule has 362 valence electrons. The van der Waals surface area contributed by atoms with E-state index in [1.807, 2.05) is 69.9 Å². The molecule has 12 aromatic rings. The smallest absolute Gasteiger partial charge is 0.268 e. The first-order chi connectivity index (χ1) is 37.5. The van der Waals surface area contributed by atoms with E-state index in [4.69, 9.17) is 13.8 Å². The molecule has 0 aliphatic carbocycles. The molecule has 0 amide bonds. The van der Waals surface area contributed by atoms with Crippen LogP contribution in [0.2, 0.25) is 0 Å². The summed E-state index contributed by atoms with van der Waals surface area (Å²) in [6.07, 6.45) is 5.65. The Balaban J connectivity index is 0.00000623. The summed E-state index contributed by atoms with van der Waals surface area (Å²) in [5.41, 5.74) is 14.9. The second-order valence-electron chi connectivity index (χ2n) is 20.9. The summed E-state index contributed by atoms with van der Waals surface area (Å²) in [5, 5.41) is 2.09. The standard InChI is InChI=1S/C68H52N4O.Pt/c1-67(2,3)47-35-36-69-64(40-47)72-61-34-31-46(44-19-9-7-10-20-44)37-59(61)56-33-32-51(42-63(56)72)73-50-24-17-23-49(41-50)70-43-71-65-58(45-21-11-8-12-22-45)38-48(68(4,5)6)39-60(65)55-28-16-14-26-53(55)52-25-13-15-27-54(52)57-29-18-30-62(70)66(57)71;/h7-40H,1-6H3;/q-2;/i8D,11D,12D,21D,22D;. The Morgan fingerprint density at radius 1 is 0.514 bits per heavy atom. The van der Waals surface area contributed by atoms with Gasteiger partial charge in [-0.3, -0.25) is 4.57 Å². The van der Waals surface area contributed by atoms with Crippen molar-refractivity contribution >= 4 is 32.8 Å². The van der Waals surface area contributed by atoms with E-state index in [9.17, 15) is 2.74 Å². The fraction of sp³-hybridized carbons (Fsp3) is 0.118. The van der Waals surface area contributed by atoms with Gasteiger partial charge in [-0.1, -0.05) is 199 Å². The molecule has 9 aromatic carbocycles. The third kappa shape index (κ3) is 7.98. The van der Waals surface area contributed by atoms with Crippen molar-refractivity contribution in [2.45, 2.75) is 52.4 Å². The van der Waals surface area contributed by atoms with E-state index in [0.717, 1.165) is 88.7 Å². The van der Waals surface area contributed by atoms with E-state index in [2.05, 4.69) is 180 Å². The zero-order valence-corrected chi connectivity index (χ0v) is 44.0. The predicted octanol–water partition coefficient (Wildman–Crippen LogP) is 16.8. The van der Waals surface area contributed by atoms with Crippen LogP contribution in [0.1, 0.15) is 59.5 Å². The molecule has 0 spiro atoms. The Kier molecular flexibility index (Phi) is 10.1. The molecule has 5 nitrogen and oxygen atoms in total. The van der Waals surface area contributed by atoms with Gasteiger partial charge in [-0.15, -0.1) is 29.7 Å². The van der Waals surface area contributed by atoms with Gasteiger partial charge in [0.15, 0.2) is 0 Å². The van der Waals surface area contributed by atoms with Crippen LogP contribution >= 0.6 is 0 Å². The number of benzene rings is 9. The SMILES string of the molecule is [2H]c1c([2H])c([2H])c(-c2cc(C(C)(C)C)cc3c2-[n+]2[c-]n(-c4[c-]c(Oc5[c-]c6c(cc5)c5cc(-c7ccccc7)ccc5n6-c5cc(C(C)(C)C)ccn5)ccc4)c4cccc(c42)-c2ccccc2-c2ccccc2-3)c([2H])c1[2H].[Pt]. The largest absolute Gasteiger partial charge is 0.510 e. The van der Waals surface area contributed by atoms with E-state index in [1.54, 1.807) is 0 Å². The molecular weight excluding hydrogens is 1080 g/mol. The van der Waals surface area contributed by atoms with Crippen molar-refractivity contribution in [2.24, 2.45) is 0 Å². The topological polar surface area (TPSA) is 35.9 Å².